The van der Waals surface area contributed by atoms with Crippen LogP contribution in [0.1, 0.15) is 18.4 Å². The van der Waals surface area contributed by atoms with E-state index in [4.69, 9.17) is 10.00 Å². The molecule has 2 saturated heterocycles. The highest BCUT2D eigenvalue weighted by Gasteiger charge is 2.30. The zero-order valence-corrected chi connectivity index (χ0v) is 21.9. The van der Waals surface area contributed by atoms with Gasteiger partial charge in [-0.25, -0.2) is 8.42 Å². The van der Waals surface area contributed by atoms with Crippen LogP contribution >= 0.6 is 0 Å². The third kappa shape index (κ3) is 5.07. The van der Waals surface area contributed by atoms with Gasteiger partial charge in [0, 0.05) is 54.5 Å². The molecule has 194 valence electrons. The smallest absolute Gasteiger partial charge is 0.243 e. The summed E-state index contributed by atoms with van der Waals surface area (Å²) >= 11 is 0. The Labute approximate surface area is 217 Å². The van der Waals surface area contributed by atoms with Gasteiger partial charge in [0.2, 0.25) is 15.9 Å². The fourth-order valence-corrected chi connectivity index (χ4v) is 6.17. The molecule has 1 atom stereocenters. The van der Waals surface area contributed by atoms with Crippen molar-refractivity contribution in [3.8, 4) is 17.3 Å². The van der Waals surface area contributed by atoms with Gasteiger partial charge in [-0.15, -0.1) is 0 Å². The Morgan fingerprint density at radius 2 is 1.95 bits per heavy atom. The van der Waals surface area contributed by atoms with Crippen molar-refractivity contribution in [3.63, 3.8) is 0 Å². The molecule has 0 radical (unpaired) electrons. The number of nitrogens with one attached hydrogen (secondary N) is 1. The minimum Gasteiger partial charge on any atom is -0.371 e. The number of anilines is 1. The van der Waals surface area contributed by atoms with Gasteiger partial charge in [0.05, 0.1) is 30.7 Å². The molecule has 3 heterocycles. The molecule has 1 aromatic heterocycles. The molecule has 2 aliphatic heterocycles. The Bertz CT molecular complexity index is 1470. The first-order chi connectivity index (χ1) is 17.8. The number of carbonyl (C=O) groups excluding carboxylic acids is 1. The number of H-pyrrole nitrogens is 1. The first-order valence-corrected chi connectivity index (χ1v) is 13.9. The van der Waals surface area contributed by atoms with Crippen molar-refractivity contribution >= 4 is 32.5 Å². The second kappa shape index (κ2) is 10.2. The Hall–Kier alpha value is -3.39. The van der Waals surface area contributed by atoms with E-state index in [1.165, 1.54) is 11.9 Å². The molecule has 2 aromatic carbocycles. The van der Waals surface area contributed by atoms with E-state index in [0.717, 1.165) is 63.6 Å². The maximum absolute atomic E-state index is 13.6. The van der Waals surface area contributed by atoms with Gasteiger partial charge in [-0.1, -0.05) is 12.1 Å². The number of nitriles is 1. The zero-order chi connectivity index (χ0) is 26.2. The van der Waals surface area contributed by atoms with E-state index in [0.29, 0.717) is 6.54 Å². The molecule has 0 spiro atoms. The van der Waals surface area contributed by atoms with Crippen molar-refractivity contribution in [2.75, 3.05) is 51.3 Å². The average molecular weight is 522 g/mol. The average Bonchev–Trinajstić information content (AvgIpc) is 3.58. The summed E-state index contributed by atoms with van der Waals surface area (Å²) in [5.41, 5.74) is 4.81. The van der Waals surface area contributed by atoms with E-state index < -0.39 is 16.1 Å². The SMILES string of the molecule is Cc1ccc2cc(-c3cc(S(=O)(=O)N(C)CC(=O)N4CCO[C@H](C#N)C4)ccc3N3CCCC3)[nH]c2c1. The Balaban J connectivity index is 1.46. The van der Waals surface area contributed by atoms with Crippen LogP contribution in [0.25, 0.3) is 22.2 Å². The van der Waals surface area contributed by atoms with Crippen LogP contribution in [0.3, 0.4) is 0 Å². The second-order valence-corrected chi connectivity index (χ2v) is 11.8. The van der Waals surface area contributed by atoms with Gasteiger partial charge in [0.25, 0.3) is 0 Å². The number of hydrogen-bond donors (Lipinski definition) is 1. The number of hydrogen-bond acceptors (Lipinski definition) is 6. The third-order valence-electron chi connectivity index (χ3n) is 7.11. The summed E-state index contributed by atoms with van der Waals surface area (Å²) in [6.45, 7) is 4.31. The Kier molecular flexibility index (Phi) is 6.94. The minimum absolute atomic E-state index is 0.132. The van der Waals surface area contributed by atoms with Gasteiger partial charge in [0.1, 0.15) is 0 Å². The number of aryl methyl sites for hydroxylation is 1. The maximum atomic E-state index is 13.6. The molecule has 37 heavy (non-hydrogen) atoms. The fraction of sp³-hybridized carbons (Fsp3) is 0.407. The van der Waals surface area contributed by atoms with Crippen molar-refractivity contribution in [1.29, 1.82) is 5.26 Å². The molecule has 5 rings (SSSR count). The number of amides is 1. The molecule has 10 heteroatoms. The van der Waals surface area contributed by atoms with Gasteiger partial charge in [-0.3, -0.25) is 4.79 Å². The van der Waals surface area contributed by atoms with E-state index in [-0.39, 0.29) is 30.5 Å². The predicted molar refractivity (Wildman–Crippen MR) is 142 cm³/mol. The number of aromatic amines is 1. The largest absolute Gasteiger partial charge is 0.371 e. The molecule has 3 aromatic rings. The number of carbonyl (C=O) groups is 1. The number of fused-ring (bicyclic) bond motifs is 1. The van der Waals surface area contributed by atoms with E-state index in [1.807, 2.05) is 19.1 Å². The van der Waals surface area contributed by atoms with Crippen molar-refractivity contribution in [1.82, 2.24) is 14.2 Å². The summed E-state index contributed by atoms with van der Waals surface area (Å²) in [5, 5.41) is 10.2. The number of ether oxygens (including phenoxy) is 1. The second-order valence-electron chi connectivity index (χ2n) is 9.74. The summed E-state index contributed by atoms with van der Waals surface area (Å²) in [6.07, 6.45) is 1.51. The highest BCUT2D eigenvalue weighted by Crippen LogP contribution is 2.36. The van der Waals surface area contributed by atoms with Gasteiger partial charge in [0.15, 0.2) is 6.10 Å². The van der Waals surface area contributed by atoms with Crippen molar-refractivity contribution in [3.05, 3.63) is 48.0 Å². The molecule has 2 aliphatic rings. The standard InChI is InChI=1S/C27H31N5O4S/c1-19-5-6-20-14-25(29-24(20)13-19)23-15-22(7-8-26(23)31-9-3-4-10-31)37(34,35)30(2)18-27(33)32-11-12-36-21(16-28)17-32/h5-8,13-15,21,29H,3-4,9-12,17-18H2,1-2H3/t21-/m1/s1. The molecule has 9 nitrogen and oxygen atoms in total. The number of rotatable bonds is 6. The quantitative estimate of drug-likeness (QED) is 0.534. The number of morpholine rings is 1. The van der Waals surface area contributed by atoms with Crippen LogP contribution in [-0.2, 0) is 19.6 Å². The minimum atomic E-state index is -3.94. The van der Waals surface area contributed by atoms with Gasteiger partial charge >= 0.3 is 0 Å². The summed E-state index contributed by atoms with van der Waals surface area (Å²) in [7, 11) is -2.53. The monoisotopic (exact) mass is 521 g/mol. The molecule has 0 bridgehead atoms. The molecular formula is C27H31N5O4S. The van der Waals surface area contributed by atoms with E-state index in [2.05, 4.69) is 34.1 Å². The van der Waals surface area contributed by atoms with Crippen LogP contribution < -0.4 is 4.90 Å². The first-order valence-electron chi connectivity index (χ1n) is 12.5. The van der Waals surface area contributed by atoms with E-state index in [1.54, 1.807) is 12.1 Å². The van der Waals surface area contributed by atoms with Crippen LogP contribution in [0.5, 0.6) is 0 Å². The molecule has 0 unspecified atom stereocenters. The summed E-state index contributed by atoms with van der Waals surface area (Å²) in [6, 6.07) is 15.5. The first kappa shape index (κ1) is 25.3. The zero-order valence-electron chi connectivity index (χ0n) is 21.1. The van der Waals surface area contributed by atoms with Crippen LogP contribution in [0.2, 0.25) is 0 Å². The van der Waals surface area contributed by atoms with Crippen molar-refractivity contribution in [2.45, 2.75) is 30.8 Å². The number of aromatic nitrogens is 1. The maximum Gasteiger partial charge on any atom is 0.243 e. The van der Waals surface area contributed by atoms with Gasteiger partial charge in [-0.2, -0.15) is 9.57 Å². The van der Waals surface area contributed by atoms with Crippen LogP contribution in [0.15, 0.2) is 47.4 Å². The molecule has 1 amide bonds. The lowest BCUT2D eigenvalue weighted by molar-refractivity contribution is -0.136. The molecular weight excluding hydrogens is 490 g/mol. The lowest BCUT2D eigenvalue weighted by Gasteiger charge is -2.31. The van der Waals surface area contributed by atoms with E-state index >= 15 is 0 Å². The summed E-state index contributed by atoms with van der Waals surface area (Å²) in [5.74, 6) is -0.352. The Morgan fingerprint density at radius 3 is 2.70 bits per heavy atom. The van der Waals surface area contributed by atoms with Crippen molar-refractivity contribution < 1.29 is 17.9 Å². The lowest BCUT2D eigenvalue weighted by Crippen LogP contribution is -2.48. The van der Waals surface area contributed by atoms with Gasteiger partial charge < -0.3 is 19.5 Å². The highest BCUT2D eigenvalue weighted by molar-refractivity contribution is 7.89. The number of likely N-dealkylation sites (N-methyl/N-ethyl adjacent to an activating group) is 1. The van der Waals surface area contributed by atoms with Crippen LogP contribution in [0.4, 0.5) is 5.69 Å². The van der Waals surface area contributed by atoms with Crippen LogP contribution in [0, 0.1) is 18.3 Å². The number of benzene rings is 2. The van der Waals surface area contributed by atoms with Gasteiger partial charge in [-0.05, 0) is 55.7 Å². The third-order valence-corrected chi connectivity index (χ3v) is 8.91. The van der Waals surface area contributed by atoms with E-state index in [9.17, 15) is 13.2 Å². The van der Waals surface area contributed by atoms with Crippen molar-refractivity contribution in [2.24, 2.45) is 0 Å². The number of sulfonamides is 1. The van der Waals surface area contributed by atoms with Crippen LogP contribution in [-0.4, -0.2) is 81.0 Å². The molecule has 1 N–H and O–H groups in total. The molecule has 0 aliphatic carbocycles. The fourth-order valence-electron chi connectivity index (χ4n) is 5.02. The topological polar surface area (TPSA) is 110 Å². The lowest BCUT2D eigenvalue weighted by atomic mass is 10.1. The predicted octanol–water partition coefficient (Wildman–Crippen LogP) is 3.12. The molecule has 2 fully saturated rings. The molecule has 0 saturated carbocycles. The summed E-state index contributed by atoms with van der Waals surface area (Å²) in [4.78, 5) is 20.2. The Morgan fingerprint density at radius 1 is 1.16 bits per heavy atom. The normalized spacial score (nSPS) is 18.5. The number of nitrogens with zero attached hydrogens (tertiary/aromatic N) is 4. The highest BCUT2D eigenvalue weighted by atomic mass is 32.2. The summed E-state index contributed by atoms with van der Waals surface area (Å²) < 4.78 is 33.5.